The highest BCUT2D eigenvalue weighted by Gasteiger charge is 2.47. The highest BCUT2D eigenvalue weighted by molar-refractivity contribution is 7.89. The molecule has 0 N–H and O–H groups in total. The number of hydrogen-bond donors (Lipinski definition) is 0. The van der Waals surface area contributed by atoms with Gasteiger partial charge in [-0.2, -0.15) is 10.3 Å². The van der Waals surface area contributed by atoms with Crippen molar-refractivity contribution in [2.75, 3.05) is 33.4 Å². The van der Waals surface area contributed by atoms with Gasteiger partial charge in [0.2, 0.25) is 10.0 Å². The van der Waals surface area contributed by atoms with Crippen LogP contribution < -0.4 is 0 Å². The number of nitriles is 1. The van der Waals surface area contributed by atoms with Crippen LogP contribution in [-0.2, 0) is 24.4 Å². The first kappa shape index (κ1) is 20.7. The summed E-state index contributed by atoms with van der Waals surface area (Å²) >= 11 is 0. The molecule has 9 heteroatoms. The summed E-state index contributed by atoms with van der Waals surface area (Å²) in [7, 11) is -2.03. The minimum Gasteiger partial charge on any atom is -0.466 e. The Labute approximate surface area is 165 Å². The standard InChI is InChI=1S/C19H25N3O5S/c1-3-26-19(23)16-8-5-9-22(12-16)28(24,25)17-13-27-21(2)18(17)15-7-4-6-14(10-15)11-20/h4,6-7,10,16-18H,3,5,8-9,12-13H2,1-2H3. The lowest BCUT2D eigenvalue weighted by molar-refractivity contribution is -0.149. The third kappa shape index (κ3) is 4.05. The van der Waals surface area contributed by atoms with Crippen LogP contribution in [0.5, 0.6) is 0 Å². The predicted molar refractivity (Wildman–Crippen MR) is 101 cm³/mol. The molecule has 3 rings (SSSR count). The van der Waals surface area contributed by atoms with Gasteiger partial charge in [-0.25, -0.2) is 12.7 Å². The quantitative estimate of drug-likeness (QED) is 0.681. The van der Waals surface area contributed by atoms with E-state index in [-0.39, 0.29) is 25.7 Å². The Balaban J connectivity index is 1.85. The molecule has 1 aromatic carbocycles. The molecule has 2 heterocycles. The van der Waals surface area contributed by atoms with Gasteiger partial charge in [-0.1, -0.05) is 12.1 Å². The van der Waals surface area contributed by atoms with E-state index in [2.05, 4.69) is 6.07 Å². The fourth-order valence-electron chi connectivity index (χ4n) is 3.88. The molecule has 2 aliphatic rings. The van der Waals surface area contributed by atoms with Gasteiger partial charge in [0.15, 0.2) is 0 Å². The summed E-state index contributed by atoms with van der Waals surface area (Å²) in [4.78, 5) is 17.6. The van der Waals surface area contributed by atoms with E-state index in [9.17, 15) is 13.2 Å². The molecule has 152 valence electrons. The minimum absolute atomic E-state index is 0.0286. The molecule has 0 radical (unpaired) electrons. The zero-order chi connectivity index (χ0) is 20.3. The van der Waals surface area contributed by atoms with Crippen molar-refractivity contribution in [1.29, 1.82) is 5.26 Å². The second-order valence-electron chi connectivity index (χ2n) is 7.06. The van der Waals surface area contributed by atoms with Gasteiger partial charge >= 0.3 is 5.97 Å². The van der Waals surface area contributed by atoms with E-state index in [0.29, 0.717) is 30.5 Å². The molecule has 3 atom stereocenters. The van der Waals surface area contributed by atoms with Gasteiger partial charge in [0.25, 0.3) is 0 Å². The monoisotopic (exact) mass is 407 g/mol. The van der Waals surface area contributed by atoms with Gasteiger partial charge < -0.3 is 4.74 Å². The number of piperidine rings is 1. The Bertz CT molecular complexity index is 867. The Hall–Kier alpha value is -1.99. The Morgan fingerprint density at radius 1 is 1.43 bits per heavy atom. The Kier molecular flexibility index (Phi) is 6.35. The number of nitrogens with zero attached hydrogens (tertiary/aromatic N) is 3. The van der Waals surface area contributed by atoms with Gasteiger partial charge in [-0.3, -0.25) is 9.63 Å². The third-order valence-electron chi connectivity index (χ3n) is 5.29. The molecule has 2 saturated heterocycles. The van der Waals surface area contributed by atoms with Crippen LogP contribution in [0.4, 0.5) is 0 Å². The maximum atomic E-state index is 13.4. The van der Waals surface area contributed by atoms with Gasteiger partial charge in [0.05, 0.1) is 36.8 Å². The fraction of sp³-hybridized carbons (Fsp3) is 0.579. The van der Waals surface area contributed by atoms with E-state index in [0.717, 1.165) is 0 Å². The van der Waals surface area contributed by atoms with Crippen LogP contribution in [0.3, 0.4) is 0 Å². The summed E-state index contributed by atoms with van der Waals surface area (Å²) in [6, 6.07) is 8.46. The Morgan fingerprint density at radius 2 is 2.21 bits per heavy atom. The molecule has 0 aliphatic carbocycles. The largest absolute Gasteiger partial charge is 0.466 e. The number of benzene rings is 1. The van der Waals surface area contributed by atoms with Crippen molar-refractivity contribution < 1.29 is 22.8 Å². The molecule has 0 amide bonds. The van der Waals surface area contributed by atoms with Gasteiger partial charge in [0.1, 0.15) is 5.25 Å². The van der Waals surface area contributed by atoms with E-state index in [4.69, 9.17) is 14.8 Å². The summed E-state index contributed by atoms with van der Waals surface area (Å²) in [5.74, 6) is -0.788. The van der Waals surface area contributed by atoms with Gasteiger partial charge in [-0.15, -0.1) is 0 Å². The van der Waals surface area contributed by atoms with Gasteiger partial charge in [0, 0.05) is 20.1 Å². The van der Waals surface area contributed by atoms with E-state index in [1.54, 1.807) is 38.2 Å². The first-order chi connectivity index (χ1) is 13.4. The molecule has 0 saturated carbocycles. The van der Waals surface area contributed by atoms with Crippen molar-refractivity contribution in [3.05, 3.63) is 35.4 Å². The van der Waals surface area contributed by atoms with Gasteiger partial charge in [-0.05, 0) is 37.5 Å². The number of sulfonamides is 1. The predicted octanol–water partition coefficient (Wildman–Crippen LogP) is 1.45. The van der Waals surface area contributed by atoms with Crippen LogP contribution in [-0.4, -0.2) is 62.4 Å². The molecular weight excluding hydrogens is 382 g/mol. The normalized spacial score (nSPS) is 26.7. The zero-order valence-electron chi connectivity index (χ0n) is 16.1. The molecule has 0 spiro atoms. The maximum absolute atomic E-state index is 13.4. The number of hydroxylamine groups is 2. The van der Waals surface area contributed by atoms with Crippen molar-refractivity contribution in [3.63, 3.8) is 0 Å². The van der Waals surface area contributed by atoms with Crippen molar-refractivity contribution in [1.82, 2.24) is 9.37 Å². The SMILES string of the molecule is CCOC(=O)C1CCCN(S(=O)(=O)C2CON(C)C2c2cccc(C#N)c2)C1. The summed E-state index contributed by atoms with van der Waals surface area (Å²) in [6.45, 7) is 2.55. The van der Waals surface area contributed by atoms with Crippen LogP contribution in [0.25, 0.3) is 0 Å². The molecule has 2 fully saturated rings. The van der Waals surface area contributed by atoms with E-state index in [1.807, 2.05) is 0 Å². The average Bonchev–Trinajstić information content (AvgIpc) is 3.10. The van der Waals surface area contributed by atoms with E-state index < -0.39 is 27.2 Å². The number of carbonyl (C=O) groups is 1. The van der Waals surface area contributed by atoms with Crippen molar-refractivity contribution in [2.45, 2.75) is 31.1 Å². The van der Waals surface area contributed by atoms with E-state index in [1.165, 1.54) is 9.37 Å². The Morgan fingerprint density at radius 3 is 2.93 bits per heavy atom. The minimum atomic E-state index is -3.72. The second kappa shape index (κ2) is 8.57. The van der Waals surface area contributed by atoms with Crippen LogP contribution in [0.2, 0.25) is 0 Å². The summed E-state index contributed by atoms with van der Waals surface area (Å²) in [5, 5.41) is 9.88. The van der Waals surface area contributed by atoms with Crippen LogP contribution in [0.1, 0.15) is 36.9 Å². The molecule has 0 bridgehead atoms. The van der Waals surface area contributed by atoms with Crippen LogP contribution in [0, 0.1) is 17.2 Å². The molecule has 1 aromatic rings. The molecule has 3 unspecified atom stereocenters. The highest BCUT2D eigenvalue weighted by atomic mass is 32.2. The molecule has 8 nitrogen and oxygen atoms in total. The lowest BCUT2D eigenvalue weighted by atomic mass is 10.00. The summed E-state index contributed by atoms with van der Waals surface area (Å²) in [6.07, 6.45) is 1.24. The first-order valence-electron chi connectivity index (χ1n) is 9.40. The smallest absolute Gasteiger partial charge is 0.310 e. The lowest BCUT2D eigenvalue weighted by Crippen LogP contribution is -2.48. The number of esters is 1. The van der Waals surface area contributed by atoms with Crippen LogP contribution in [0.15, 0.2) is 24.3 Å². The number of carbonyl (C=O) groups excluding carboxylic acids is 1. The summed E-state index contributed by atoms with van der Waals surface area (Å²) < 4.78 is 33.3. The van der Waals surface area contributed by atoms with Crippen molar-refractivity contribution >= 4 is 16.0 Å². The van der Waals surface area contributed by atoms with Crippen molar-refractivity contribution in [2.24, 2.45) is 5.92 Å². The third-order valence-corrected chi connectivity index (χ3v) is 7.50. The van der Waals surface area contributed by atoms with Crippen molar-refractivity contribution in [3.8, 4) is 6.07 Å². The van der Waals surface area contributed by atoms with Crippen LogP contribution >= 0.6 is 0 Å². The molecular formula is C19H25N3O5S. The topological polar surface area (TPSA) is 99.9 Å². The summed E-state index contributed by atoms with van der Waals surface area (Å²) in [5.41, 5.74) is 1.18. The molecule has 0 aromatic heterocycles. The second-order valence-corrected chi connectivity index (χ2v) is 9.21. The number of hydrogen-bond acceptors (Lipinski definition) is 7. The number of ether oxygens (including phenoxy) is 1. The average molecular weight is 407 g/mol. The van der Waals surface area contributed by atoms with E-state index >= 15 is 0 Å². The maximum Gasteiger partial charge on any atom is 0.310 e. The molecule has 2 aliphatic heterocycles. The first-order valence-corrected chi connectivity index (χ1v) is 10.9. The zero-order valence-corrected chi connectivity index (χ0v) is 16.9. The lowest BCUT2D eigenvalue weighted by Gasteiger charge is -2.34. The fourth-order valence-corrected chi connectivity index (χ4v) is 5.92. The highest BCUT2D eigenvalue weighted by Crippen LogP contribution is 2.36. The number of rotatable bonds is 5. The molecule has 28 heavy (non-hydrogen) atoms.